The number of carbonyl (C=O) groups is 3. The molecular formula is C29H39FN4O3S. The monoisotopic (exact) mass is 542 g/mol. The molecule has 2 unspecified atom stereocenters. The number of carbonyl (C=O) groups excluding carboxylic acids is 3. The highest BCUT2D eigenvalue weighted by atomic mass is 32.1. The number of amides is 3. The summed E-state index contributed by atoms with van der Waals surface area (Å²) in [4.78, 5) is 46.6. The highest BCUT2D eigenvalue weighted by Crippen LogP contribution is 2.40. The van der Waals surface area contributed by atoms with E-state index in [-0.39, 0.29) is 30.7 Å². The lowest BCUT2D eigenvalue weighted by Crippen LogP contribution is -2.59. The lowest BCUT2D eigenvalue weighted by atomic mass is 9.85. The normalized spacial score (nSPS) is 20.1. The number of aromatic nitrogens is 1. The summed E-state index contributed by atoms with van der Waals surface area (Å²) < 4.78 is 14.4. The van der Waals surface area contributed by atoms with Crippen LogP contribution in [0.3, 0.4) is 0 Å². The van der Waals surface area contributed by atoms with Gasteiger partial charge in [-0.15, -0.1) is 11.3 Å². The number of rotatable bonds is 8. The Morgan fingerprint density at radius 1 is 1.24 bits per heavy atom. The van der Waals surface area contributed by atoms with Gasteiger partial charge >= 0.3 is 0 Å². The van der Waals surface area contributed by atoms with Gasteiger partial charge in [0.1, 0.15) is 12.1 Å². The van der Waals surface area contributed by atoms with Gasteiger partial charge < -0.3 is 15.5 Å². The van der Waals surface area contributed by atoms with E-state index in [1.54, 1.807) is 16.2 Å². The van der Waals surface area contributed by atoms with Crippen LogP contribution in [0.15, 0.2) is 23.7 Å². The molecule has 2 fully saturated rings. The van der Waals surface area contributed by atoms with Crippen LogP contribution in [0.5, 0.6) is 0 Å². The van der Waals surface area contributed by atoms with E-state index in [0.717, 1.165) is 33.7 Å². The van der Waals surface area contributed by atoms with Crippen LogP contribution in [0.25, 0.3) is 10.4 Å². The van der Waals surface area contributed by atoms with Crippen LogP contribution in [0.4, 0.5) is 4.39 Å². The van der Waals surface area contributed by atoms with Gasteiger partial charge in [-0.3, -0.25) is 14.4 Å². The average molecular weight is 543 g/mol. The largest absolute Gasteiger partial charge is 0.348 e. The first kappa shape index (κ1) is 28.2. The van der Waals surface area contributed by atoms with Gasteiger partial charge in [0, 0.05) is 6.54 Å². The smallest absolute Gasteiger partial charge is 0.258 e. The van der Waals surface area contributed by atoms with E-state index in [1.165, 1.54) is 0 Å². The zero-order valence-electron chi connectivity index (χ0n) is 23.2. The molecule has 1 saturated heterocycles. The Bertz CT molecular complexity index is 1220. The van der Waals surface area contributed by atoms with E-state index < -0.39 is 29.1 Å². The predicted molar refractivity (Wildman–Crippen MR) is 147 cm³/mol. The van der Waals surface area contributed by atoms with Crippen LogP contribution in [-0.4, -0.2) is 51.9 Å². The van der Waals surface area contributed by atoms with Crippen molar-refractivity contribution in [3.63, 3.8) is 0 Å². The summed E-state index contributed by atoms with van der Waals surface area (Å²) >= 11 is 1.61. The van der Waals surface area contributed by atoms with Crippen molar-refractivity contribution in [3.8, 4) is 10.4 Å². The van der Waals surface area contributed by atoms with Crippen LogP contribution in [0.2, 0.25) is 0 Å². The minimum Gasteiger partial charge on any atom is -0.348 e. The maximum Gasteiger partial charge on any atom is 0.258 e. The van der Waals surface area contributed by atoms with E-state index in [2.05, 4.69) is 40.7 Å². The molecule has 1 aromatic carbocycles. The predicted octanol–water partition coefficient (Wildman–Crippen LogP) is 4.88. The molecule has 9 heteroatoms. The summed E-state index contributed by atoms with van der Waals surface area (Å²) in [5.41, 5.74) is 3.65. The second-order valence-corrected chi connectivity index (χ2v) is 12.5. The Morgan fingerprint density at radius 3 is 2.53 bits per heavy atom. The molecule has 7 nitrogen and oxygen atoms in total. The summed E-state index contributed by atoms with van der Waals surface area (Å²) in [5.74, 6) is -1.28. The third-order valence-corrected chi connectivity index (χ3v) is 8.66. The van der Waals surface area contributed by atoms with E-state index in [1.807, 2.05) is 40.1 Å². The second kappa shape index (κ2) is 10.8. The molecule has 4 rings (SSSR count). The van der Waals surface area contributed by atoms with E-state index in [4.69, 9.17) is 0 Å². The molecule has 2 heterocycles. The maximum absolute atomic E-state index is 14.4. The lowest BCUT2D eigenvalue weighted by Gasteiger charge is -2.36. The molecule has 2 aliphatic rings. The summed E-state index contributed by atoms with van der Waals surface area (Å²) in [6.45, 7) is 12.0. The molecular weight excluding hydrogens is 503 g/mol. The number of nitrogens with zero attached hydrogens (tertiary/aromatic N) is 2. The number of likely N-dealkylation sites (tertiary alicyclic amines) is 1. The van der Waals surface area contributed by atoms with Crippen molar-refractivity contribution in [2.45, 2.75) is 97.4 Å². The zero-order chi connectivity index (χ0) is 27.8. The van der Waals surface area contributed by atoms with E-state index >= 15 is 0 Å². The third kappa shape index (κ3) is 5.77. The second-order valence-electron chi connectivity index (χ2n) is 11.7. The Balaban J connectivity index is 1.48. The summed E-state index contributed by atoms with van der Waals surface area (Å²) in [7, 11) is 0. The quantitative estimate of drug-likeness (QED) is 0.497. The fourth-order valence-corrected chi connectivity index (χ4v) is 5.96. The molecule has 38 heavy (non-hydrogen) atoms. The minimum absolute atomic E-state index is 0.182. The Morgan fingerprint density at radius 2 is 1.95 bits per heavy atom. The summed E-state index contributed by atoms with van der Waals surface area (Å²) in [6.07, 6.45) is 2.42. The maximum atomic E-state index is 14.4. The van der Waals surface area contributed by atoms with Crippen molar-refractivity contribution in [3.05, 3.63) is 40.5 Å². The average Bonchev–Trinajstić information content (AvgIpc) is 3.24. The molecule has 1 aliphatic carbocycles. The number of nitrogens with one attached hydrogen (secondary N) is 2. The molecule has 0 spiro atoms. The molecule has 1 saturated carbocycles. The van der Waals surface area contributed by atoms with Gasteiger partial charge in [0.25, 0.3) is 5.91 Å². The van der Waals surface area contributed by atoms with E-state index in [9.17, 15) is 18.8 Å². The fourth-order valence-electron chi connectivity index (χ4n) is 5.16. The molecule has 1 aliphatic heterocycles. The molecule has 1 aromatic heterocycles. The summed E-state index contributed by atoms with van der Waals surface area (Å²) in [5, 5.41) is 5.78. The number of thiazole rings is 1. The number of hydrogen-bond acceptors (Lipinski definition) is 5. The molecule has 0 radical (unpaired) electrons. The van der Waals surface area contributed by atoms with Crippen LogP contribution < -0.4 is 10.6 Å². The first-order valence-electron chi connectivity index (χ1n) is 13.5. The Kier molecular flexibility index (Phi) is 7.98. The molecule has 2 N–H and O–H groups in total. The first-order chi connectivity index (χ1) is 17.9. The third-order valence-electron chi connectivity index (χ3n) is 7.68. The highest BCUT2D eigenvalue weighted by Gasteiger charge is 2.53. The molecule has 3 amide bonds. The van der Waals surface area contributed by atoms with Gasteiger partial charge in [-0.25, -0.2) is 9.37 Å². The van der Waals surface area contributed by atoms with Crippen LogP contribution in [0, 0.1) is 12.3 Å². The summed E-state index contributed by atoms with van der Waals surface area (Å²) in [6, 6.07) is 4.51. The van der Waals surface area contributed by atoms with Crippen molar-refractivity contribution in [2.24, 2.45) is 5.41 Å². The van der Waals surface area contributed by atoms with Gasteiger partial charge in [0.15, 0.2) is 5.67 Å². The first-order valence-corrected chi connectivity index (χ1v) is 14.4. The van der Waals surface area contributed by atoms with E-state index in [0.29, 0.717) is 19.4 Å². The lowest BCUT2D eigenvalue weighted by molar-refractivity contribution is -0.145. The number of halogens is 1. The molecule has 0 bridgehead atoms. The Labute approximate surface area is 228 Å². The van der Waals surface area contributed by atoms with Gasteiger partial charge in [0.05, 0.1) is 22.1 Å². The van der Waals surface area contributed by atoms with Crippen molar-refractivity contribution < 1.29 is 18.8 Å². The number of alkyl halides is 1. The number of aryl methyl sites for hydroxylation is 2. The van der Waals surface area contributed by atoms with Crippen molar-refractivity contribution in [1.29, 1.82) is 0 Å². The van der Waals surface area contributed by atoms with Gasteiger partial charge in [-0.05, 0) is 74.1 Å². The van der Waals surface area contributed by atoms with Crippen LogP contribution >= 0.6 is 11.3 Å². The minimum atomic E-state index is -1.87. The molecule has 3 atom stereocenters. The van der Waals surface area contributed by atoms with Crippen molar-refractivity contribution in [1.82, 2.24) is 20.5 Å². The van der Waals surface area contributed by atoms with Gasteiger partial charge in [0.2, 0.25) is 11.8 Å². The highest BCUT2D eigenvalue weighted by molar-refractivity contribution is 7.13. The number of hydrogen-bond donors (Lipinski definition) is 2. The van der Waals surface area contributed by atoms with Crippen LogP contribution in [-0.2, 0) is 20.8 Å². The number of benzene rings is 1. The Hall–Kier alpha value is -2.81. The standard InChI is InChI=1S/C29H39FN4O3S/c1-7-19-15-20(23-18(3)31-16-38-23)10-11-21(19)17(2)32-25(35)22-9-8-14-34(22)26(36)24(28(4,5)6)33-27(37)29(30)12-13-29/h10-11,15-17,22,24H,7-9,12-14H2,1-6H3,(H,32,35)(H,33,37)/t17-,22?,24?/m1/s1. The van der Waals surface area contributed by atoms with Crippen molar-refractivity contribution >= 4 is 29.1 Å². The molecule has 2 aromatic rings. The molecule has 206 valence electrons. The topological polar surface area (TPSA) is 91.4 Å². The van der Waals surface area contributed by atoms with Gasteiger partial charge in [-0.1, -0.05) is 39.8 Å². The van der Waals surface area contributed by atoms with Crippen molar-refractivity contribution in [2.75, 3.05) is 6.54 Å². The zero-order valence-corrected chi connectivity index (χ0v) is 24.0. The SMILES string of the molecule is CCc1cc(-c2scnc2C)ccc1[C@@H](C)NC(=O)C1CCCN1C(=O)C(NC(=O)C1(F)CC1)C(C)(C)C. The van der Waals surface area contributed by atoms with Gasteiger partial charge in [-0.2, -0.15) is 0 Å². The fraction of sp³-hybridized carbons (Fsp3) is 0.586. The van der Waals surface area contributed by atoms with Crippen LogP contribution in [0.1, 0.15) is 83.2 Å².